The van der Waals surface area contributed by atoms with E-state index in [9.17, 15) is 9.59 Å². The summed E-state index contributed by atoms with van der Waals surface area (Å²) in [6.45, 7) is 2.59. The van der Waals surface area contributed by atoms with Crippen molar-refractivity contribution in [3.63, 3.8) is 0 Å². The Kier molecular flexibility index (Phi) is 4.56. The van der Waals surface area contributed by atoms with Gasteiger partial charge in [0, 0.05) is 17.6 Å². The minimum atomic E-state index is -0.698. The number of anilines is 1. The summed E-state index contributed by atoms with van der Waals surface area (Å²) in [6.07, 6.45) is 3.98. The molecule has 0 aliphatic carbocycles. The van der Waals surface area contributed by atoms with Crippen LogP contribution in [-0.2, 0) is 0 Å². The number of ether oxygens (including phenoxy) is 1. The van der Waals surface area contributed by atoms with Crippen LogP contribution in [0.4, 0.5) is 5.69 Å². The molecule has 0 unspecified atom stereocenters. The predicted molar refractivity (Wildman–Crippen MR) is 90.5 cm³/mol. The monoisotopic (exact) mass is 324 g/mol. The van der Waals surface area contributed by atoms with Crippen molar-refractivity contribution in [1.29, 1.82) is 0 Å². The van der Waals surface area contributed by atoms with Crippen LogP contribution in [-0.4, -0.2) is 17.5 Å². The summed E-state index contributed by atoms with van der Waals surface area (Å²) in [5, 5.41) is 3.26. The van der Waals surface area contributed by atoms with Crippen LogP contribution >= 0.6 is 0 Å². The van der Waals surface area contributed by atoms with Gasteiger partial charge in [-0.3, -0.25) is 9.78 Å². The van der Waals surface area contributed by atoms with Crippen LogP contribution in [0.15, 0.2) is 58.0 Å². The van der Waals surface area contributed by atoms with Crippen molar-refractivity contribution in [2.45, 2.75) is 13.3 Å². The quantitative estimate of drug-likeness (QED) is 0.729. The lowest BCUT2D eigenvalue weighted by Crippen LogP contribution is -2.20. The van der Waals surface area contributed by atoms with E-state index in [0.29, 0.717) is 29.0 Å². The second kappa shape index (κ2) is 6.95. The van der Waals surface area contributed by atoms with Gasteiger partial charge >= 0.3 is 5.63 Å². The van der Waals surface area contributed by atoms with Crippen molar-refractivity contribution in [2.75, 3.05) is 11.9 Å². The molecule has 0 aliphatic rings. The number of nitrogens with one attached hydrogen (secondary N) is 1. The first-order chi connectivity index (χ1) is 11.7. The summed E-state index contributed by atoms with van der Waals surface area (Å²) in [5.41, 5.74) is 0.127. The summed E-state index contributed by atoms with van der Waals surface area (Å²) in [5.74, 6) is 0.0880. The highest BCUT2D eigenvalue weighted by Crippen LogP contribution is 2.21. The number of benzene rings is 1. The lowest BCUT2D eigenvalue weighted by molar-refractivity contribution is 0.102. The van der Waals surface area contributed by atoms with Crippen molar-refractivity contribution >= 4 is 22.6 Å². The third-order valence-electron chi connectivity index (χ3n) is 3.34. The number of amides is 1. The van der Waals surface area contributed by atoms with E-state index in [0.717, 1.165) is 6.42 Å². The normalized spacial score (nSPS) is 10.5. The molecule has 1 aromatic carbocycles. The molecule has 3 aromatic rings. The van der Waals surface area contributed by atoms with Crippen LogP contribution in [0.5, 0.6) is 5.75 Å². The molecule has 0 spiro atoms. The van der Waals surface area contributed by atoms with Crippen LogP contribution in [0.25, 0.3) is 11.0 Å². The number of pyridine rings is 1. The van der Waals surface area contributed by atoms with Gasteiger partial charge < -0.3 is 14.5 Å². The zero-order valence-electron chi connectivity index (χ0n) is 13.1. The van der Waals surface area contributed by atoms with E-state index in [4.69, 9.17) is 9.15 Å². The van der Waals surface area contributed by atoms with Crippen LogP contribution < -0.4 is 15.7 Å². The number of aromatic nitrogens is 1. The molecule has 6 nitrogen and oxygen atoms in total. The van der Waals surface area contributed by atoms with Crippen LogP contribution in [0.1, 0.15) is 23.7 Å². The van der Waals surface area contributed by atoms with E-state index in [1.165, 1.54) is 12.3 Å². The highest BCUT2D eigenvalue weighted by molar-refractivity contribution is 6.05. The van der Waals surface area contributed by atoms with Gasteiger partial charge in [0.25, 0.3) is 5.91 Å². The minimum absolute atomic E-state index is 0.0615. The molecule has 2 heterocycles. The summed E-state index contributed by atoms with van der Waals surface area (Å²) in [4.78, 5) is 28.3. The molecule has 3 rings (SSSR count). The smallest absolute Gasteiger partial charge is 0.349 e. The molecule has 0 saturated heterocycles. The van der Waals surface area contributed by atoms with Gasteiger partial charge in [-0.1, -0.05) is 6.92 Å². The molecule has 0 atom stereocenters. The summed E-state index contributed by atoms with van der Waals surface area (Å²) in [6, 6.07) is 10.1. The lowest BCUT2D eigenvalue weighted by Gasteiger charge is -2.07. The van der Waals surface area contributed by atoms with Crippen molar-refractivity contribution in [3.8, 4) is 5.75 Å². The van der Waals surface area contributed by atoms with Crippen LogP contribution in [0.3, 0.4) is 0 Å². The maximum atomic E-state index is 12.3. The van der Waals surface area contributed by atoms with E-state index in [1.807, 2.05) is 6.92 Å². The largest absolute Gasteiger partial charge is 0.493 e. The Morgan fingerprint density at radius 2 is 2.17 bits per heavy atom. The van der Waals surface area contributed by atoms with Gasteiger partial charge in [0.2, 0.25) is 0 Å². The standard InChI is InChI=1S/C18H16N2O4/c1-2-8-23-14-6-5-12-9-15(18(22)24-16(12)10-14)17(21)20-13-4-3-7-19-11-13/h3-7,9-11H,2,8H2,1H3,(H,20,21). The topological polar surface area (TPSA) is 81.4 Å². The minimum Gasteiger partial charge on any atom is -0.493 e. The molecule has 122 valence electrons. The van der Waals surface area contributed by atoms with Gasteiger partial charge in [0.1, 0.15) is 16.9 Å². The Morgan fingerprint density at radius 3 is 2.92 bits per heavy atom. The fourth-order valence-electron chi connectivity index (χ4n) is 2.19. The average molecular weight is 324 g/mol. The first kappa shape index (κ1) is 15.7. The van der Waals surface area contributed by atoms with E-state index >= 15 is 0 Å². The van der Waals surface area contributed by atoms with Crippen molar-refractivity contribution in [2.24, 2.45) is 0 Å². The van der Waals surface area contributed by atoms with E-state index < -0.39 is 11.5 Å². The molecule has 1 amide bonds. The number of carbonyl (C=O) groups excluding carboxylic acids is 1. The van der Waals surface area contributed by atoms with Gasteiger partial charge in [-0.05, 0) is 36.8 Å². The Labute approximate surface area is 138 Å². The highest BCUT2D eigenvalue weighted by atomic mass is 16.5. The van der Waals surface area contributed by atoms with Crippen molar-refractivity contribution in [3.05, 3.63) is 64.8 Å². The maximum absolute atomic E-state index is 12.3. The van der Waals surface area contributed by atoms with Gasteiger partial charge in [-0.25, -0.2) is 4.79 Å². The molecule has 0 radical (unpaired) electrons. The number of carbonyl (C=O) groups is 1. The van der Waals surface area contributed by atoms with E-state index in [2.05, 4.69) is 10.3 Å². The summed E-state index contributed by atoms with van der Waals surface area (Å²) >= 11 is 0. The lowest BCUT2D eigenvalue weighted by atomic mass is 10.1. The van der Waals surface area contributed by atoms with Gasteiger partial charge in [0.15, 0.2) is 0 Å². The molecule has 6 heteroatoms. The molecule has 2 aromatic heterocycles. The number of fused-ring (bicyclic) bond motifs is 1. The second-order valence-corrected chi connectivity index (χ2v) is 5.19. The molecule has 24 heavy (non-hydrogen) atoms. The molecule has 0 fully saturated rings. The van der Waals surface area contributed by atoms with Crippen LogP contribution in [0, 0.1) is 0 Å². The molecule has 0 aliphatic heterocycles. The average Bonchev–Trinajstić information content (AvgIpc) is 2.60. The zero-order valence-corrected chi connectivity index (χ0v) is 13.1. The molecule has 0 saturated carbocycles. The molecular weight excluding hydrogens is 308 g/mol. The van der Waals surface area contributed by atoms with Gasteiger partial charge in [-0.2, -0.15) is 0 Å². The van der Waals surface area contributed by atoms with Gasteiger partial charge in [-0.15, -0.1) is 0 Å². The Bertz CT molecular complexity index is 919. The SMILES string of the molecule is CCCOc1ccc2cc(C(=O)Nc3cccnc3)c(=O)oc2c1. The summed E-state index contributed by atoms with van der Waals surface area (Å²) in [7, 11) is 0. The fourth-order valence-corrected chi connectivity index (χ4v) is 2.19. The first-order valence-corrected chi connectivity index (χ1v) is 7.59. The third kappa shape index (κ3) is 3.43. The van der Waals surface area contributed by atoms with Crippen LogP contribution in [0.2, 0.25) is 0 Å². The Morgan fingerprint density at radius 1 is 1.29 bits per heavy atom. The number of rotatable bonds is 5. The molecule has 1 N–H and O–H groups in total. The highest BCUT2D eigenvalue weighted by Gasteiger charge is 2.14. The number of nitrogens with zero attached hydrogens (tertiary/aromatic N) is 1. The molecular formula is C18H16N2O4. The molecule has 0 bridgehead atoms. The number of hydrogen-bond donors (Lipinski definition) is 1. The third-order valence-corrected chi connectivity index (χ3v) is 3.34. The Hall–Kier alpha value is -3.15. The maximum Gasteiger partial charge on any atom is 0.349 e. The fraction of sp³-hybridized carbons (Fsp3) is 0.167. The van der Waals surface area contributed by atoms with Crippen molar-refractivity contribution < 1.29 is 13.9 Å². The predicted octanol–water partition coefficient (Wildman–Crippen LogP) is 3.23. The number of hydrogen-bond acceptors (Lipinski definition) is 5. The van der Waals surface area contributed by atoms with E-state index in [-0.39, 0.29) is 5.56 Å². The second-order valence-electron chi connectivity index (χ2n) is 5.19. The first-order valence-electron chi connectivity index (χ1n) is 7.59. The van der Waals surface area contributed by atoms with Gasteiger partial charge in [0.05, 0.1) is 18.5 Å². The van der Waals surface area contributed by atoms with Crippen molar-refractivity contribution in [1.82, 2.24) is 4.98 Å². The van der Waals surface area contributed by atoms with E-state index in [1.54, 1.807) is 36.5 Å². The summed E-state index contributed by atoms with van der Waals surface area (Å²) < 4.78 is 10.8. The Balaban J connectivity index is 1.90. The zero-order chi connectivity index (χ0) is 16.9.